The monoisotopic (exact) mass is 380 g/mol. The van der Waals surface area contributed by atoms with Crippen LogP contribution in [-0.2, 0) is 17.1 Å². The lowest BCUT2D eigenvalue weighted by Gasteiger charge is -2.10. The third-order valence-corrected chi connectivity index (χ3v) is 5.48. The molecule has 0 saturated heterocycles. The Morgan fingerprint density at radius 1 is 0.963 bits per heavy atom. The Labute approximate surface area is 156 Å². The Bertz CT molecular complexity index is 1220. The van der Waals surface area contributed by atoms with E-state index < -0.39 is 10.0 Å². The highest BCUT2D eigenvalue weighted by atomic mass is 32.2. The summed E-state index contributed by atoms with van der Waals surface area (Å²) in [4.78, 5) is 12.6. The smallest absolute Gasteiger partial charge is 0.263 e. The molecule has 0 fully saturated rings. The third-order valence-electron chi connectivity index (χ3n) is 4.13. The van der Waals surface area contributed by atoms with Gasteiger partial charge in [-0.05, 0) is 25.1 Å². The molecule has 4 aromatic rings. The molecule has 27 heavy (non-hydrogen) atoms. The second kappa shape index (κ2) is 6.44. The van der Waals surface area contributed by atoms with E-state index in [4.69, 9.17) is 0 Å². The number of nitrogens with zero attached hydrogens (tertiary/aromatic N) is 5. The standard InChI is InChI=1S/C18H16N6O2S/c1-12-19-8-14(9-20-12)16-7-6-15(11-21-16)27(25,26)23-17-5-3-4-13-10-22-24(2)18(13)17/h3-11,23H,1-2H3. The molecule has 0 unspecified atom stereocenters. The lowest BCUT2D eigenvalue weighted by atomic mass is 10.2. The zero-order valence-electron chi connectivity index (χ0n) is 14.7. The van der Waals surface area contributed by atoms with Crippen LogP contribution in [0, 0.1) is 6.92 Å². The summed E-state index contributed by atoms with van der Waals surface area (Å²) >= 11 is 0. The minimum absolute atomic E-state index is 0.0680. The van der Waals surface area contributed by atoms with Crippen LogP contribution in [0.5, 0.6) is 0 Å². The van der Waals surface area contributed by atoms with Crippen molar-refractivity contribution in [1.82, 2.24) is 24.7 Å². The number of anilines is 1. The van der Waals surface area contributed by atoms with Gasteiger partial charge in [-0.15, -0.1) is 0 Å². The molecule has 1 N–H and O–H groups in total. The molecule has 0 saturated carbocycles. The second-order valence-corrected chi connectivity index (χ2v) is 7.70. The van der Waals surface area contributed by atoms with Gasteiger partial charge in [-0.2, -0.15) is 5.10 Å². The summed E-state index contributed by atoms with van der Waals surface area (Å²) in [5.74, 6) is 0.659. The third kappa shape index (κ3) is 3.24. The zero-order valence-corrected chi connectivity index (χ0v) is 15.5. The van der Waals surface area contributed by atoms with Crippen LogP contribution in [0.25, 0.3) is 22.2 Å². The van der Waals surface area contributed by atoms with Crippen molar-refractivity contribution in [3.8, 4) is 11.3 Å². The van der Waals surface area contributed by atoms with Crippen LogP contribution in [0.15, 0.2) is 60.0 Å². The highest BCUT2D eigenvalue weighted by molar-refractivity contribution is 7.92. The van der Waals surface area contributed by atoms with Crippen LogP contribution in [0.2, 0.25) is 0 Å². The zero-order chi connectivity index (χ0) is 19.0. The molecule has 4 rings (SSSR count). The molecule has 136 valence electrons. The summed E-state index contributed by atoms with van der Waals surface area (Å²) in [5, 5.41) is 5.02. The number of aryl methyl sites for hydroxylation is 2. The number of hydrogen-bond acceptors (Lipinski definition) is 6. The van der Waals surface area contributed by atoms with Crippen LogP contribution in [0.1, 0.15) is 5.82 Å². The Balaban J connectivity index is 1.65. The van der Waals surface area contributed by atoms with Crippen molar-refractivity contribution >= 4 is 26.6 Å². The number of benzene rings is 1. The van der Waals surface area contributed by atoms with E-state index in [-0.39, 0.29) is 4.90 Å². The van der Waals surface area contributed by atoms with E-state index in [1.54, 1.807) is 55.4 Å². The first-order chi connectivity index (χ1) is 12.9. The molecule has 0 atom stereocenters. The van der Waals surface area contributed by atoms with Crippen molar-refractivity contribution in [1.29, 1.82) is 0 Å². The topological polar surface area (TPSA) is 103 Å². The highest BCUT2D eigenvalue weighted by Crippen LogP contribution is 2.25. The average Bonchev–Trinajstić information content (AvgIpc) is 3.04. The first-order valence-electron chi connectivity index (χ1n) is 8.13. The van der Waals surface area contributed by atoms with Gasteiger partial charge in [0.25, 0.3) is 10.0 Å². The molecular weight excluding hydrogens is 364 g/mol. The summed E-state index contributed by atoms with van der Waals surface area (Å²) in [6.45, 7) is 1.79. The van der Waals surface area contributed by atoms with E-state index in [0.29, 0.717) is 22.7 Å². The van der Waals surface area contributed by atoms with Crippen molar-refractivity contribution in [3.63, 3.8) is 0 Å². The first-order valence-corrected chi connectivity index (χ1v) is 9.61. The van der Waals surface area contributed by atoms with Crippen LogP contribution in [0.4, 0.5) is 5.69 Å². The maximum atomic E-state index is 12.8. The normalized spacial score (nSPS) is 11.6. The summed E-state index contributed by atoms with van der Waals surface area (Å²) in [7, 11) is -2.03. The molecule has 3 heterocycles. The van der Waals surface area contributed by atoms with Gasteiger partial charge in [0, 0.05) is 36.6 Å². The molecular formula is C18H16N6O2S. The van der Waals surface area contributed by atoms with Gasteiger partial charge in [-0.1, -0.05) is 12.1 Å². The number of nitrogens with one attached hydrogen (secondary N) is 1. The summed E-state index contributed by atoms with van der Waals surface area (Å²) < 4.78 is 29.8. The van der Waals surface area contributed by atoms with E-state index in [9.17, 15) is 8.42 Å². The predicted molar refractivity (Wildman–Crippen MR) is 102 cm³/mol. The molecule has 3 aromatic heterocycles. The van der Waals surface area contributed by atoms with E-state index in [2.05, 4.69) is 24.8 Å². The van der Waals surface area contributed by atoms with E-state index in [0.717, 1.165) is 10.9 Å². The van der Waals surface area contributed by atoms with Crippen LogP contribution < -0.4 is 4.72 Å². The Morgan fingerprint density at radius 3 is 2.44 bits per heavy atom. The fourth-order valence-corrected chi connectivity index (χ4v) is 3.76. The number of aromatic nitrogens is 5. The number of pyridine rings is 1. The van der Waals surface area contributed by atoms with Gasteiger partial charge in [0.15, 0.2) is 0 Å². The van der Waals surface area contributed by atoms with Crippen molar-refractivity contribution in [2.24, 2.45) is 7.05 Å². The maximum absolute atomic E-state index is 12.8. The Kier molecular flexibility index (Phi) is 4.08. The minimum atomic E-state index is -3.79. The molecule has 0 amide bonds. The number of hydrogen-bond donors (Lipinski definition) is 1. The van der Waals surface area contributed by atoms with Crippen LogP contribution in [-0.4, -0.2) is 33.2 Å². The molecule has 0 spiro atoms. The first kappa shape index (κ1) is 17.1. The van der Waals surface area contributed by atoms with E-state index in [1.165, 1.54) is 12.3 Å². The van der Waals surface area contributed by atoms with E-state index in [1.807, 2.05) is 6.07 Å². The number of para-hydroxylation sites is 1. The molecule has 0 aliphatic carbocycles. The fourth-order valence-electron chi connectivity index (χ4n) is 2.75. The minimum Gasteiger partial charge on any atom is -0.277 e. The SMILES string of the molecule is Cc1ncc(-c2ccc(S(=O)(=O)Nc3cccc4cnn(C)c34)cn2)cn1. The van der Waals surface area contributed by atoms with Crippen molar-refractivity contribution < 1.29 is 8.42 Å². The van der Waals surface area contributed by atoms with E-state index >= 15 is 0 Å². The van der Waals surface area contributed by atoms with Gasteiger partial charge >= 0.3 is 0 Å². The van der Waals surface area contributed by atoms with Gasteiger partial charge in [-0.25, -0.2) is 18.4 Å². The quantitative estimate of drug-likeness (QED) is 0.584. The largest absolute Gasteiger partial charge is 0.277 e. The van der Waals surface area contributed by atoms with Crippen molar-refractivity contribution in [2.75, 3.05) is 4.72 Å². The molecule has 0 aliphatic rings. The molecule has 0 aliphatic heterocycles. The maximum Gasteiger partial charge on any atom is 0.263 e. The van der Waals surface area contributed by atoms with Gasteiger partial charge in [-0.3, -0.25) is 14.4 Å². The second-order valence-electron chi connectivity index (χ2n) is 6.02. The molecule has 1 aromatic carbocycles. The molecule has 0 radical (unpaired) electrons. The highest BCUT2D eigenvalue weighted by Gasteiger charge is 2.17. The van der Waals surface area contributed by atoms with Gasteiger partial charge < -0.3 is 0 Å². The summed E-state index contributed by atoms with van der Waals surface area (Å²) in [6.07, 6.45) is 6.31. The number of sulfonamides is 1. The van der Waals surface area contributed by atoms with Gasteiger partial charge in [0.1, 0.15) is 10.7 Å². The van der Waals surface area contributed by atoms with Crippen molar-refractivity contribution in [2.45, 2.75) is 11.8 Å². The van der Waals surface area contributed by atoms with Gasteiger partial charge in [0.2, 0.25) is 0 Å². The van der Waals surface area contributed by atoms with Crippen LogP contribution >= 0.6 is 0 Å². The molecule has 0 bridgehead atoms. The lowest BCUT2D eigenvalue weighted by molar-refractivity contribution is 0.601. The van der Waals surface area contributed by atoms with Crippen LogP contribution in [0.3, 0.4) is 0 Å². The van der Waals surface area contributed by atoms with Crippen molar-refractivity contribution in [3.05, 3.63) is 60.9 Å². The lowest BCUT2D eigenvalue weighted by Crippen LogP contribution is -2.14. The Morgan fingerprint density at radius 2 is 1.74 bits per heavy atom. The fraction of sp³-hybridized carbons (Fsp3) is 0.111. The number of fused-ring (bicyclic) bond motifs is 1. The Hall–Kier alpha value is -3.33. The average molecular weight is 380 g/mol. The predicted octanol–water partition coefficient (Wildman–Crippen LogP) is 2.53. The molecule has 9 heteroatoms. The summed E-state index contributed by atoms with van der Waals surface area (Å²) in [5.41, 5.74) is 2.49. The van der Waals surface area contributed by atoms with Gasteiger partial charge in [0.05, 0.1) is 23.1 Å². The summed E-state index contributed by atoms with van der Waals surface area (Å²) in [6, 6.07) is 8.49. The molecule has 8 nitrogen and oxygen atoms in total. The number of rotatable bonds is 4.